The van der Waals surface area contributed by atoms with Crippen molar-refractivity contribution in [2.75, 3.05) is 0 Å². The predicted molar refractivity (Wildman–Crippen MR) is 133 cm³/mol. The van der Waals surface area contributed by atoms with Gasteiger partial charge in [0.25, 0.3) is 0 Å². The van der Waals surface area contributed by atoms with Gasteiger partial charge in [0.1, 0.15) is 11.5 Å². The molecule has 36 heavy (non-hydrogen) atoms. The standard InChI is InChI=1S/C30H28O6/c31-20-6-2-18(3-7-20)30(19-4-8-21(32)9-5-19)15-17-14-26(30)24-12-11-22(27(17)24)25-13-16(28(33)34)1-10-23(25)29(35)36/h1-10,13,17,22,24,26-27,31-32H,11-12,14-15H2,(H,33,34)(H,35,36). The van der Waals surface area contributed by atoms with Gasteiger partial charge in [0.05, 0.1) is 11.1 Å². The van der Waals surface area contributed by atoms with Gasteiger partial charge in [-0.1, -0.05) is 24.3 Å². The first kappa shape index (κ1) is 22.7. The van der Waals surface area contributed by atoms with E-state index < -0.39 is 11.9 Å². The summed E-state index contributed by atoms with van der Waals surface area (Å²) in [5, 5.41) is 39.3. The molecule has 0 aromatic heterocycles. The van der Waals surface area contributed by atoms with Gasteiger partial charge in [-0.25, -0.2) is 9.59 Å². The lowest BCUT2D eigenvalue weighted by Gasteiger charge is -2.45. The zero-order valence-corrected chi connectivity index (χ0v) is 19.7. The molecule has 3 fully saturated rings. The molecule has 5 unspecified atom stereocenters. The monoisotopic (exact) mass is 484 g/mol. The number of carboxylic acid groups (broad SMARTS) is 2. The third-order valence-corrected chi connectivity index (χ3v) is 9.30. The van der Waals surface area contributed by atoms with E-state index in [1.807, 2.05) is 24.3 Å². The number of rotatable bonds is 5. The number of hydrogen-bond donors (Lipinski definition) is 4. The average Bonchev–Trinajstić information content (AvgIpc) is 3.56. The minimum Gasteiger partial charge on any atom is -0.508 e. The number of phenols is 2. The molecule has 0 amide bonds. The lowest BCUT2D eigenvalue weighted by Crippen LogP contribution is -2.41. The van der Waals surface area contributed by atoms with Gasteiger partial charge in [-0.05, 0) is 114 Å². The fourth-order valence-corrected chi connectivity index (χ4v) is 8.12. The fourth-order valence-electron chi connectivity index (χ4n) is 8.12. The number of aromatic carboxylic acids is 2. The van der Waals surface area contributed by atoms with Crippen molar-refractivity contribution in [1.82, 2.24) is 0 Å². The summed E-state index contributed by atoms with van der Waals surface area (Å²) >= 11 is 0. The maximum Gasteiger partial charge on any atom is 0.335 e. The van der Waals surface area contributed by atoms with Crippen molar-refractivity contribution in [3.63, 3.8) is 0 Å². The van der Waals surface area contributed by atoms with E-state index in [1.54, 1.807) is 30.3 Å². The normalized spacial score (nSPS) is 27.6. The fraction of sp³-hybridized carbons (Fsp3) is 0.333. The highest BCUT2D eigenvalue weighted by atomic mass is 16.4. The Morgan fingerprint density at radius 3 is 1.94 bits per heavy atom. The SMILES string of the molecule is O=C(O)c1ccc(C(=O)O)c(C2CCC3C2C2CC3C(c3ccc(O)cc3)(c3ccc(O)cc3)C2)c1. The molecule has 0 heterocycles. The summed E-state index contributed by atoms with van der Waals surface area (Å²) in [6, 6.07) is 19.3. The first-order chi connectivity index (χ1) is 17.3. The zero-order chi connectivity index (χ0) is 25.2. The molecule has 0 spiro atoms. The second kappa shape index (κ2) is 8.12. The number of aromatic hydroxyl groups is 2. The molecular weight excluding hydrogens is 456 g/mol. The topological polar surface area (TPSA) is 115 Å². The van der Waals surface area contributed by atoms with Crippen molar-refractivity contribution in [3.8, 4) is 11.5 Å². The highest BCUT2D eigenvalue weighted by molar-refractivity contribution is 5.93. The van der Waals surface area contributed by atoms with E-state index in [0.717, 1.165) is 36.8 Å². The van der Waals surface area contributed by atoms with E-state index in [0.29, 0.717) is 29.2 Å². The van der Waals surface area contributed by atoms with Crippen LogP contribution in [-0.4, -0.2) is 32.4 Å². The lowest BCUT2D eigenvalue weighted by molar-refractivity contribution is 0.0678. The second-order valence-corrected chi connectivity index (χ2v) is 10.7. The molecule has 6 heteroatoms. The molecular formula is C30H28O6. The van der Waals surface area contributed by atoms with E-state index in [1.165, 1.54) is 12.1 Å². The minimum atomic E-state index is -1.05. The van der Waals surface area contributed by atoms with Crippen molar-refractivity contribution in [1.29, 1.82) is 0 Å². The van der Waals surface area contributed by atoms with E-state index in [-0.39, 0.29) is 34.0 Å². The van der Waals surface area contributed by atoms with Crippen LogP contribution in [0.4, 0.5) is 0 Å². The van der Waals surface area contributed by atoms with E-state index in [9.17, 15) is 30.0 Å². The van der Waals surface area contributed by atoms with Gasteiger partial charge < -0.3 is 20.4 Å². The number of phenolic OH excluding ortho intramolecular Hbond substituents is 2. The van der Waals surface area contributed by atoms with Crippen molar-refractivity contribution in [2.45, 2.75) is 37.0 Å². The Morgan fingerprint density at radius 1 is 0.778 bits per heavy atom. The molecule has 3 aliphatic rings. The molecule has 0 saturated heterocycles. The Balaban J connectivity index is 1.43. The minimum absolute atomic E-state index is 0.0213. The summed E-state index contributed by atoms with van der Waals surface area (Å²) in [6.07, 6.45) is 3.72. The van der Waals surface area contributed by atoms with Crippen molar-refractivity contribution < 1.29 is 30.0 Å². The Bertz CT molecular complexity index is 1300. The Labute approximate surface area is 208 Å². The van der Waals surface area contributed by atoms with Crippen LogP contribution in [0.2, 0.25) is 0 Å². The highest BCUT2D eigenvalue weighted by Crippen LogP contribution is 2.70. The summed E-state index contributed by atoms with van der Waals surface area (Å²) in [4.78, 5) is 23.7. The molecule has 2 bridgehead atoms. The van der Waals surface area contributed by atoms with Crippen LogP contribution >= 0.6 is 0 Å². The Kier molecular flexibility index (Phi) is 5.11. The largest absolute Gasteiger partial charge is 0.508 e. The van der Waals surface area contributed by atoms with Gasteiger partial charge in [-0.2, -0.15) is 0 Å². The van der Waals surface area contributed by atoms with Crippen LogP contribution in [0.15, 0.2) is 66.7 Å². The smallest absolute Gasteiger partial charge is 0.335 e. The molecule has 5 atom stereocenters. The van der Waals surface area contributed by atoms with E-state index in [4.69, 9.17) is 0 Å². The van der Waals surface area contributed by atoms with E-state index in [2.05, 4.69) is 0 Å². The van der Waals surface area contributed by atoms with Crippen molar-refractivity contribution >= 4 is 11.9 Å². The maximum absolute atomic E-state index is 12.1. The number of carboxylic acids is 2. The molecule has 0 radical (unpaired) electrons. The summed E-state index contributed by atoms with van der Waals surface area (Å²) in [5.41, 5.74) is 3.04. The molecule has 6 rings (SSSR count). The quantitative estimate of drug-likeness (QED) is 0.373. The highest BCUT2D eigenvalue weighted by Gasteiger charge is 2.64. The van der Waals surface area contributed by atoms with E-state index >= 15 is 0 Å². The molecule has 3 aliphatic carbocycles. The number of carbonyl (C=O) groups is 2. The van der Waals surface area contributed by atoms with Gasteiger partial charge >= 0.3 is 11.9 Å². The molecule has 3 aromatic carbocycles. The summed E-state index contributed by atoms with van der Waals surface area (Å²) in [6.45, 7) is 0. The van der Waals surface area contributed by atoms with Crippen LogP contribution < -0.4 is 0 Å². The maximum atomic E-state index is 12.1. The molecule has 184 valence electrons. The van der Waals surface area contributed by atoms with Crippen LogP contribution in [0, 0.1) is 23.7 Å². The van der Waals surface area contributed by atoms with Gasteiger partial charge in [-0.3, -0.25) is 0 Å². The zero-order valence-electron chi connectivity index (χ0n) is 19.7. The molecule has 3 saturated carbocycles. The second-order valence-electron chi connectivity index (χ2n) is 10.7. The Morgan fingerprint density at radius 2 is 1.39 bits per heavy atom. The van der Waals surface area contributed by atoms with Gasteiger partial charge in [0.15, 0.2) is 0 Å². The first-order valence-corrected chi connectivity index (χ1v) is 12.5. The molecule has 4 N–H and O–H groups in total. The summed E-state index contributed by atoms with van der Waals surface area (Å²) in [5.74, 6) is -0.209. The van der Waals surface area contributed by atoms with Gasteiger partial charge in [0.2, 0.25) is 0 Å². The number of benzene rings is 3. The van der Waals surface area contributed by atoms with Crippen LogP contribution in [0.1, 0.15) is 69.0 Å². The van der Waals surface area contributed by atoms with Crippen molar-refractivity contribution in [2.24, 2.45) is 23.7 Å². The predicted octanol–water partition coefficient (Wildman–Crippen LogP) is 5.63. The molecule has 0 aliphatic heterocycles. The number of hydrogen-bond acceptors (Lipinski definition) is 4. The molecule has 6 nitrogen and oxygen atoms in total. The van der Waals surface area contributed by atoms with Gasteiger partial charge in [0, 0.05) is 5.41 Å². The first-order valence-electron chi connectivity index (χ1n) is 12.5. The number of fused-ring (bicyclic) bond motifs is 5. The average molecular weight is 485 g/mol. The van der Waals surface area contributed by atoms with Crippen LogP contribution in [0.3, 0.4) is 0 Å². The summed E-state index contributed by atoms with van der Waals surface area (Å²) in [7, 11) is 0. The van der Waals surface area contributed by atoms with Crippen LogP contribution in [0.5, 0.6) is 11.5 Å². The third kappa shape index (κ3) is 3.24. The van der Waals surface area contributed by atoms with Crippen molar-refractivity contribution in [3.05, 3.63) is 94.5 Å². The van der Waals surface area contributed by atoms with Crippen LogP contribution in [0.25, 0.3) is 0 Å². The Hall–Kier alpha value is -3.80. The lowest BCUT2D eigenvalue weighted by atomic mass is 9.58. The van der Waals surface area contributed by atoms with Gasteiger partial charge in [-0.15, -0.1) is 0 Å². The molecule has 3 aromatic rings. The summed E-state index contributed by atoms with van der Waals surface area (Å²) < 4.78 is 0. The van der Waals surface area contributed by atoms with Crippen LogP contribution in [-0.2, 0) is 5.41 Å². The third-order valence-electron chi connectivity index (χ3n) is 9.30.